The lowest BCUT2D eigenvalue weighted by Gasteiger charge is -2.14. The molecular formula is C15H18BrNOS. The lowest BCUT2D eigenvalue weighted by Crippen LogP contribution is -2.19. The van der Waals surface area contributed by atoms with E-state index in [1.54, 1.807) is 18.4 Å². The van der Waals surface area contributed by atoms with Gasteiger partial charge in [0.15, 0.2) is 0 Å². The summed E-state index contributed by atoms with van der Waals surface area (Å²) in [7, 11) is 1.70. The highest BCUT2D eigenvalue weighted by Crippen LogP contribution is 2.25. The fourth-order valence-electron chi connectivity index (χ4n) is 2.12. The van der Waals surface area contributed by atoms with Gasteiger partial charge in [0.25, 0.3) is 0 Å². The van der Waals surface area contributed by atoms with Crippen LogP contribution in [0.5, 0.6) is 5.75 Å². The fraction of sp³-hybridized carbons (Fsp3) is 0.333. The zero-order chi connectivity index (χ0) is 13.7. The summed E-state index contributed by atoms with van der Waals surface area (Å²) in [6, 6.07) is 12.5. The van der Waals surface area contributed by atoms with Crippen molar-refractivity contribution in [1.29, 1.82) is 0 Å². The quantitative estimate of drug-likeness (QED) is 0.866. The number of thiophene rings is 1. The van der Waals surface area contributed by atoms with Crippen LogP contribution < -0.4 is 10.5 Å². The van der Waals surface area contributed by atoms with E-state index in [2.05, 4.69) is 40.2 Å². The molecule has 0 saturated heterocycles. The normalized spacial score (nSPS) is 12.4. The fourth-order valence-corrected chi connectivity index (χ4v) is 3.72. The first-order valence-electron chi connectivity index (χ1n) is 6.28. The zero-order valence-electron chi connectivity index (χ0n) is 10.9. The van der Waals surface area contributed by atoms with E-state index in [1.807, 2.05) is 12.1 Å². The molecule has 19 heavy (non-hydrogen) atoms. The Morgan fingerprint density at radius 1 is 1.26 bits per heavy atom. The Hall–Kier alpha value is -0.840. The van der Waals surface area contributed by atoms with Crippen LogP contribution in [0.25, 0.3) is 0 Å². The van der Waals surface area contributed by atoms with E-state index < -0.39 is 0 Å². The molecule has 0 aliphatic rings. The molecule has 0 radical (unpaired) electrons. The van der Waals surface area contributed by atoms with Gasteiger partial charge in [-0.15, -0.1) is 11.3 Å². The molecule has 0 saturated carbocycles. The number of benzene rings is 1. The van der Waals surface area contributed by atoms with Crippen LogP contribution in [0.15, 0.2) is 40.2 Å². The summed E-state index contributed by atoms with van der Waals surface area (Å²) in [5.41, 5.74) is 7.19. The van der Waals surface area contributed by atoms with E-state index in [0.29, 0.717) is 12.5 Å². The average molecular weight is 340 g/mol. The highest BCUT2D eigenvalue weighted by atomic mass is 79.9. The highest BCUT2D eigenvalue weighted by molar-refractivity contribution is 9.11. The van der Waals surface area contributed by atoms with Crippen LogP contribution in [0.4, 0.5) is 0 Å². The second-order valence-corrected chi connectivity index (χ2v) is 7.11. The molecule has 0 spiro atoms. The van der Waals surface area contributed by atoms with Crippen molar-refractivity contribution in [2.24, 2.45) is 11.7 Å². The summed E-state index contributed by atoms with van der Waals surface area (Å²) in [6.45, 7) is 0.701. The average Bonchev–Trinajstić information content (AvgIpc) is 2.83. The monoisotopic (exact) mass is 339 g/mol. The van der Waals surface area contributed by atoms with Crippen LogP contribution in [0.3, 0.4) is 0 Å². The molecule has 2 nitrogen and oxygen atoms in total. The van der Waals surface area contributed by atoms with Gasteiger partial charge < -0.3 is 10.5 Å². The molecular weight excluding hydrogens is 322 g/mol. The maximum absolute atomic E-state index is 5.91. The smallest absolute Gasteiger partial charge is 0.119 e. The maximum atomic E-state index is 5.91. The number of methoxy groups -OCH3 is 1. The molecule has 1 unspecified atom stereocenters. The minimum atomic E-state index is 0.470. The Labute approximate surface area is 126 Å². The Morgan fingerprint density at radius 2 is 2.11 bits per heavy atom. The van der Waals surface area contributed by atoms with Crippen LogP contribution >= 0.6 is 27.3 Å². The van der Waals surface area contributed by atoms with E-state index in [4.69, 9.17) is 10.5 Å². The van der Waals surface area contributed by atoms with Crippen LogP contribution in [0.2, 0.25) is 0 Å². The minimum Gasteiger partial charge on any atom is -0.497 e. The van der Waals surface area contributed by atoms with Gasteiger partial charge in [-0.2, -0.15) is 0 Å². The number of hydrogen-bond donors (Lipinski definition) is 1. The lowest BCUT2D eigenvalue weighted by atomic mass is 9.95. The number of nitrogens with two attached hydrogens (primary N) is 1. The third kappa shape index (κ3) is 4.34. The number of hydrogen-bond acceptors (Lipinski definition) is 3. The first-order chi connectivity index (χ1) is 9.21. The van der Waals surface area contributed by atoms with Crippen molar-refractivity contribution in [3.8, 4) is 5.75 Å². The van der Waals surface area contributed by atoms with E-state index in [0.717, 1.165) is 18.6 Å². The van der Waals surface area contributed by atoms with Crippen molar-refractivity contribution < 1.29 is 4.74 Å². The van der Waals surface area contributed by atoms with Gasteiger partial charge in [0.1, 0.15) is 5.75 Å². The molecule has 2 N–H and O–H groups in total. The van der Waals surface area contributed by atoms with Crippen molar-refractivity contribution in [2.45, 2.75) is 12.8 Å². The second kappa shape index (κ2) is 7.08. The molecule has 0 aliphatic heterocycles. The van der Waals surface area contributed by atoms with E-state index in [9.17, 15) is 0 Å². The molecule has 0 aliphatic carbocycles. The van der Waals surface area contributed by atoms with Gasteiger partial charge in [-0.3, -0.25) is 0 Å². The number of rotatable bonds is 6. The van der Waals surface area contributed by atoms with Crippen LogP contribution in [-0.2, 0) is 12.8 Å². The Bertz CT molecular complexity index is 526. The van der Waals surface area contributed by atoms with E-state index >= 15 is 0 Å². The topological polar surface area (TPSA) is 35.2 Å². The predicted molar refractivity (Wildman–Crippen MR) is 85.0 cm³/mol. The first-order valence-corrected chi connectivity index (χ1v) is 7.89. The molecule has 1 aromatic heterocycles. The number of ether oxygens (including phenoxy) is 1. The van der Waals surface area contributed by atoms with E-state index in [1.165, 1.54) is 14.2 Å². The van der Waals surface area contributed by atoms with Gasteiger partial charge in [0.2, 0.25) is 0 Å². The van der Waals surface area contributed by atoms with Crippen molar-refractivity contribution in [3.05, 3.63) is 50.6 Å². The lowest BCUT2D eigenvalue weighted by molar-refractivity contribution is 0.413. The summed E-state index contributed by atoms with van der Waals surface area (Å²) in [5, 5.41) is 0. The van der Waals surface area contributed by atoms with Crippen LogP contribution in [0, 0.1) is 5.92 Å². The molecule has 2 rings (SSSR count). The summed E-state index contributed by atoms with van der Waals surface area (Å²) in [4.78, 5) is 1.38. The van der Waals surface area contributed by atoms with Gasteiger partial charge in [-0.1, -0.05) is 12.1 Å². The molecule has 0 amide bonds. The summed E-state index contributed by atoms with van der Waals surface area (Å²) < 4.78 is 6.44. The van der Waals surface area contributed by atoms with Crippen LogP contribution in [-0.4, -0.2) is 13.7 Å². The molecule has 4 heteroatoms. The Kier molecular flexibility index (Phi) is 5.43. The minimum absolute atomic E-state index is 0.470. The van der Waals surface area contributed by atoms with Crippen molar-refractivity contribution in [1.82, 2.24) is 0 Å². The van der Waals surface area contributed by atoms with Gasteiger partial charge in [0, 0.05) is 4.88 Å². The summed E-state index contributed by atoms with van der Waals surface area (Å²) >= 11 is 5.29. The highest BCUT2D eigenvalue weighted by Gasteiger charge is 2.11. The third-order valence-electron chi connectivity index (χ3n) is 3.11. The summed E-state index contributed by atoms with van der Waals surface area (Å²) in [6.07, 6.45) is 2.02. The van der Waals surface area contributed by atoms with Gasteiger partial charge >= 0.3 is 0 Å². The van der Waals surface area contributed by atoms with Crippen molar-refractivity contribution in [2.75, 3.05) is 13.7 Å². The van der Waals surface area contributed by atoms with Gasteiger partial charge in [0.05, 0.1) is 10.9 Å². The molecule has 102 valence electrons. The first kappa shape index (κ1) is 14.6. The SMILES string of the molecule is COc1cccc(CC(CN)Cc2ccc(Br)s2)c1. The number of halogens is 1. The Morgan fingerprint density at radius 3 is 2.74 bits per heavy atom. The molecule has 0 bridgehead atoms. The molecule has 1 heterocycles. The van der Waals surface area contributed by atoms with Crippen LogP contribution in [0.1, 0.15) is 10.4 Å². The van der Waals surface area contributed by atoms with E-state index in [-0.39, 0.29) is 0 Å². The standard InChI is InChI=1S/C15H18BrNOS/c1-18-13-4-2-3-11(8-13)7-12(10-17)9-14-5-6-15(16)19-14/h2-6,8,12H,7,9-10,17H2,1H3. The molecule has 1 aromatic carbocycles. The molecule has 1 atom stereocenters. The summed E-state index contributed by atoms with van der Waals surface area (Å²) in [5.74, 6) is 1.38. The maximum Gasteiger partial charge on any atom is 0.119 e. The second-order valence-electron chi connectivity index (χ2n) is 4.57. The van der Waals surface area contributed by atoms with Gasteiger partial charge in [-0.25, -0.2) is 0 Å². The molecule has 2 aromatic rings. The zero-order valence-corrected chi connectivity index (χ0v) is 13.3. The van der Waals surface area contributed by atoms with Crippen molar-refractivity contribution >= 4 is 27.3 Å². The predicted octanol–water partition coefficient (Wildman–Crippen LogP) is 3.88. The largest absolute Gasteiger partial charge is 0.497 e. The Balaban J connectivity index is 2.01. The third-order valence-corrected chi connectivity index (χ3v) is 4.76. The van der Waals surface area contributed by atoms with Crippen molar-refractivity contribution in [3.63, 3.8) is 0 Å². The van der Waals surface area contributed by atoms with Gasteiger partial charge in [-0.05, 0) is 71.1 Å². The molecule has 0 fully saturated rings.